The molecule has 6 aromatic carbocycles. The number of hydrogen-bond donors (Lipinski definition) is 4. The van der Waals surface area contributed by atoms with Crippen molar-refractivity contribution in [2.75, 3.05) is 116 Å². The summed E-state index contributed by atoms with van der Waals surface area (Å²) in [5, 5.41) is 32.4. The second-order valence-corrected chi connectivity index (χ2v) is 40.4. The largest absolute Gasteiger partial charge is 0.461 e. The number of nitrogens with two attached hydrogens (primary N) is 1. The van der Waals surface area contributed by atoms with Crippen LogP contribution in [-0.4, -0.2) is 210 Å². The molecule has 7 aromatic rings. The number of aromatic amines is 1. The van der Waals surface area contributed by atoms with Crippen LogP contribution in [0.4, 0.5) is 47.6 Å². The number of ether oxygens (including phenoxy) is 4. The maximum absolute atomic E-state index is 12.1. The zero-order valence-corrected chi connectivity index (χ0v) is 82.5. The number of fused-ring (bicyclic) bond motifs is 1. The number of rotatable bonds is 10. The Hall–Kier alpha value is -9.40. The van der Waals surface area contributed by atoms with Gasteiger partial charge in [-0.3, -0.25) is 25.0 Å². The van der Waals surface area contributed by atoms with Gasteiger partial charge in [0, 0.05) is 133 Å². The lowest BCUT2D eigenvalue weighted by Gasteiger charge is -2.34. The van der Waals surface area contributed by atoms with Gasteiger partial charge in [-0.25, -0.2) is 24.2 Å². The highest BCUT2D eigenvalue weighted by molar-refractivity contribution is 9.10. The maximum atomic E-state index is 12.1. The van der Waals surface area contributed by atoms with Crippen LogP contribution in [0.25, 0.3) is 10.9 Å². The Morgan fingerprint density at radius 2 is 0.795 bits per heavy atom. The summed E-state index contributed by atoms with van der Waals surface area (Å²) in [6.07, 6.45) is 10.9. The van der Waals surface area contributed by atoms with E-state index in [9.17, 15) is 44.2 Å². The molecule has 734 valence electrons. The van der Waals surface area contributed by atoms with Gasteiger partial charge in [-0.05, 0) is 305 Å². The molecule has 31 heteroatoms. The van der Waals surface area contributed by atoms with Crippen LogP contribution in [-0.2, 0) is 28.3 Å². The van der Waals surface area contributed by atoms with E-state index >= 15 is 0 Å². The summed E-state index contributed by atoms with van der Waals surface area (Å²) < 4.78 is 35.3. The summed E-state index contributed by atoms with van der Waals surface area (Å²) in [5.41, 5.74) is 13.0. The van der Waals surface area contributed by atoms with E-state index in [1.165, 1.54) is 53.0 Å². The Morgan fingerprint density at radius 1 is 0.470 bits per heavy atom. The van der Waals surface area contributed by atoms with Crippen molar-refractivity contribution in [2.45, 2.75) is 287 Å². The maximum Gasteiger partial charge on any atom is 0.461 e. The number of likely N-dealkylation sites (tertiary alicyclic amines) is 4. The van der Waals surface area contributed by atoms with E-state index in [-0.39, 0.29) is 100 Å². The van der Waals surface area contributed by atoms with Gasteiger partial charge >= 0.3 is 31.5 Å². The fraction of sp³-hybridized carbons (Fsp3) is 0.584. The van der Waals surface area contributed by atoms with Crippen LogP contribution < -0.4 is 26.4 Å². The molecule has 7 fully saturated rings. The number of anilines is 3. The molecule has 28 nitrogen and oxygen atoms in total. The summed E-state index contributed by atoms with van der Waals surface area (Å²) in [4.78, 5) is 99.3. The van der Waals surface area contributed by atoms with Gasteiger partial charge in [0.1, 0.15) is 28.2 Å². The highest BCUT2D eigenvalue weighted by Gasteiger charge is 2.54. The van der Waals surface area contributed by atoms with E-state index in [1.54, 1.807) is 45.0 Å². The van der Waals surface area contributed by atoms with Crippen LogP contribution in [0.5, 0.6) is 0 Å². The zero-order chi connectivity index (χ0) is 94.8. The van der Waals surface area contributed by atoms with Gasteiger partial charge in [-0.15, -0.1) is 0 Å². The SMILES string of the molecule is C.C.C.C.CC(C)(C)OC(=O)N1CCC(B2OC(C)(C)C(C)(C)O2)CC1.CC(C)(C)OC(=O)N1CCC(c2ccccc2N)CC1.CC(C)(C)OC(=O)N1CCC(c2ccccc2[N+](=O)[O-])CC1.CN(C)c1ccccc1C1CCN(C(=O)OC(C)(C)C)CC1.CN(C)c1ccccc1C1CCNCC1.CO.O=[N+]([O-])c1ccccc1Br.O=c1[nH]c(C2CC2)nc2ccc(Br)cc12. The number of benzene rings is 6. The molecule has 7 heterocycles. The number of H-pyrrole nitrogens is 1. The molecule has 4 amide bonds. The number of nitrogens with one attached hydrogen (secondary N) is 2. The number of amides is 4. The predicted molar refractivity (Wildman–Crippen MR) is 544 cm³/mol. The first-order chi connectivity index (χ1) is 60.1. The van der Waals surface area contributed by atoms with Crippen molar-refractivity contribution >= 4 is 103 Å². The minimum Gasteiger partial charge on any atom is -0.444 e. The number of nitrogens with zero attached hydrogens (tertiary/aromatic N) is 9. The van der Waals surface area contributed by atoms with Crippen molar-refractivity contribution in [3.05, 3.63) is 207 Å². The van der Waals surface area contributed by atoms with Gasteiger partial charge in [0.15, 0.2) is 0 Å². The van der Waals surface area contributed by atoms with Crippen molar-refractivity contribution in [1.82, 2.24) is 34.9 Å². The number of nitro groups is 2. The molecule has 6 aliphatic heterocycles. The Morgan fingerprint density at radius 3 is 1.15 bits per heavy atom. The molecular weight excluding hydrogens is 1810 g/mol. The molecule has 0 radical (unpaired) electrons. The lowest BCUT2D eigenvalue weighted by Crippen LogP contribution is -2.43. The number of carbonyl (C=O) groups excluding carboxylic acids is 4. The molecule has 14 rings (SSSR count). The summed E-state index contributed by atoms with van der Waals surface area (Å²) in [7, 11) is 9.23. The standard InChI is InChI=1S/C18H28N2O2.C16H30BNO4.C16H22N2O4.C16H24N2O2.C13H20N2.C11H9BrN2O.C6H4BrNO2.CH4O.4CH4/c1-18(2,3)22-17(21)20-12-10-14(11-13-20)15-8-6-7-9-16(15)19(4)5;1-14(2,3)20-13(19)18-10-8-12(9-11-18)17-21-15(4,5)16(6,7)22-17;1-16(2,3)22-15(19)17-10-8-12(9-11-17)13-6-4-5-7-14(13)18(20)21;1-16(2,3)20-15(19)18-10-8-12(9-11-18)13-6-4-5-7-14(13)17;1-15(2)13-6-4-3-5-12(13)11-7-9-14-10-8-11;12-7-3-4-9-8(5-7)11(15)14-10(13-9)6-1-2-6;7-5-3-1-2-4-6(5)8(9)10;1-2;;;;/h6-9,14H,10-13H2,1-5H3;12H,8-11H2,1-7H3;4-7,12H,8-11H2,1-3H3;4-7,12H,8-11,17H2,1-3H3;3-6,11,14H,7-10H2,1-2H3;3-6H,1-2H2,(H,13,14,15);1-4H;2H,1H3;4*1H4. The van der Waals surface area contributed by atoms with E-state index in [2.05, 4.69) is 167 Å². The number of carbonyl (C=O) groups is 4. The molecule has 132 heavy (non-hydrogen) atoms. The van der Waals surface area contributed by atoms with Gasteiger partial charge in [0.2, 0.25) is 0 Å². The third-order valence-corrected chi connectivity index (χ3v) is 24.2. The van der Waals surface area contributed by atoms with Gasteiger partial charge in [-0.1, -0.05) is 131 Å². The minimum atomic E-state index is -0.508. The average molecular weight is 1970 g/mol. The first-order valence-electron chi connectivity index (χ1n) is 44.7. The van der Waals surface area contributed by atoms with Crippen molar-refractivity contribution in [1.29, 1.82) is 0 Å². The summed E-state index contributed by atoms with van der Waals surface area (Å²) in [6, 6.07) is 44.2. The lowest BCUT2D eigenvalue weighted by molar-refractivity contribution is -0.385. The van der Waals surface area contributed by atoms with Crippen LogP contribution in [0.3, 0.4) is 0 Å². The van der Waals surface area contributed by atoms with E-state index in [4.69, 9.17) is 39.1 Å². The molecular formula is C101H157BBr2N12O16. The molecule has 0 spiro atoms. The molecule has 0 unspecified atom stereocenters. The van der Waals surface area contributed by atoms with Gasteiger partial charge in [-0.2, -0.15) is 0 Å². The normalized spacial score (nSPS) is 16.9. The Bertz CT molecular complexity index is 4780. The number of halogens is 2. The van der Waals surface area contributed by atoms with E-state index in [1.807, 2.05) is 130 Å². The molecule has 1 aliphatic carbocycles. The smallest absolute Gasteiger partial charge is 0.444 e. The van der Waals surface area contributed by atoms with Crippen molar-refractivity contribution < 1.29 is 62.4 Å². The second-order valence-electron chi connectivity index (χ2n) is 38.6. The quantitative estimate of drug-likeness (QED) is 0.0325. The monoisotopic (exact) mass is 1960 g/mol. The van der Waals surface area contributed by atoms with E-state index in [0.29, 0.717) is 72.5 Å². The van der Waals surface area contributed by atoms with Gasteiger partial charge in [0.25, 0.3) is 16.9 Å². The number of aliphatic hydroxyl groups is 1. The number of aromatic nitrogens is 2. The fourth-order valence-corrected chi connectivity index (χ4v) is 16.4. The van der Waals surface area contributed by atoms with Crippen LogP contribution in [0, 0.1) is 20.2 Å². The van der Waals surface area contributed by atoms with Crippen molar-refractivity contribution in [2.24, 2.45) is 0 Å². The number of hydrogen-bond acceptors (Lipinski definition) is 21. The molecule has 0 bridgehead atoms. The van der Waals surface area contributed by atoms with Crippen molar-refractivity contribution in [3.63, 3.8) is 0 Å². The summed E-state index contributed by atoms with van der Waals surface area (Å²) in [6.45, 7) is 38.7. The third-order valence-electron chi connectivity index (χ3n) is 23.1. The van der Waals surface area contributed by atoms with Gasteiger partial charge < -0.3 is 78.8 Å². The van der Waals surface area contributed by atoms with Gasteiger partial charge in [0.05, 0.1) is 36.4 Å². The lowest BCUT2D eigenvalue weighted by atomic mass is 9.67. The summed E-state index contributed by atoms with van der Waals surface area (Å²) >= 11 is 6.40. The van der Waals surface area contributed by atoms with Crippen LogP contribution >= 0.6 is 31.9 Å². The number of nitro benzene ring substituents is 2. The molecule has 5 N–H and O–H groups in total. The van der Waals surface area contributed by atoms with E-state index < -0.39 is 27.3 Å². The predicted octanol–water partition coefficient (Wildman–Crippen LogP) is 23.7. The second kappa shape index (κ2) is 53.0. The third kappa shape index (κ3) is 36.8. The molecule has 0 atom stereocenters. The average Bonchev–Trinajstić information content (AvgIpc) is 1.62. The first kappa shape index (κ1) is 117. The Balaban J connectivity index is 0.000000397. The molecule has 6 saturated heterocycles. The minimum absolute atomic E-state index is 0. The number of nitrogen functional groups attached to an aromatic ring is 1. The molecule has 1 saturated carbocycles. The topological polar surface area (TPSA) is 333 Å². The molecule has 7 aliphatic rings. The Kier molecular flexibility index (Phi) is 46.9. The van der Waals surface area contributed by atoms with Crippen molar-refractivity contribution in [3.8, 4) is 0 Å². The van der Waals surface area contributed by atoms with Crippen LogP contribution in [0.1, 0.15) is 275 Å². The first-order valence-corrected chi connectivity index (χ1v) is 46.3. The highest BCUT2D eigenvalue weighted by atomic mass is 79.9. The fourth-order valence-electron chi connectivity index (χ4n) is 15.6. The number of aliphatic hydroxyl groups excluding tert-OH is 1. The van der Waals surface area contributed by atoms with E-state index in [0.717, 1.165) is 131 Å². The number of para-hydroxylation sites is 5. The van der Waals surface area contributed by atoms with Crippen LogP contribution in [0.15, 0.2) is 153 Å². The summed E-state index contributed by atoms with van der Waals surface area (Å²) in [5.74, 6) is 3.46. The zero-order valence-electron chi connectivity index (χ0n) is 79.3. The Labute approximate surface area is 805 Å². The highest BCUT2D eigenvalue weighted by Crippen LogP contribution is 2.44. The number of piperidine rings is 5. The molecule has 1 aromatic heterocycles. The van der Waals surface area contributed by atoms with Crippen LogP contribution in [0.2, 0.25) is 5.82 Å².